The molecule has 2 nitrogen and oxygen atoms in total. The minimum atomic E-state index is -0.749. The molecule has 1 rings (SSSR count). The Morgan fingerprint density at radius 1 is 1.44 bits per heavy atom. The first-order valence-electron chi connectivity index (χ1n) is 5.63. The van der Waals surface area contributed by atoms with Gasteiger partial charge in [-0.3, -0.25) is 0 Å². The molecule has 1 aromatic carbocycles. The summed E-state index contributed by atoms with van der Waals surface area (Å²) in [6, 6.07) is 6.66. The lowest BCUT2D eigenvalue weighted by Gasteiger charge is -2.23. The second kappa shape index (κ2) is 5.41. The zero-order valence-corrected chi connectivity index (χ0v) is 10.1. The van der Waals surface area contributed by atoms with Gasteiger partial charge in [-0.1, -0.05) is 19.1 Å². The number of benzene rings is 1. The molecule has 0 spiro atoms. The Balaban J connectivity index is 2.68. The van der Waals surface area contributed by atoms with Crippen molar-refractivity contribution in [2.24, 2.45) is 0 Å². The molecule has 2 N–H and O–H groups in total. The highest BCUT2D eigenvalue weighted by molar-refractivity contribution is 5.20. The van der Waals surface area contributed by atoms with E-state index in [0.29, 0.717) is 6.54 Å². The van der Waals surface area contributed by atoms with Gasteiger partial charge >= 0.3 is 0 Å². The summed E-state index contributed by atoms with van der Waals surface area (Å²) in [5.41, 5.74) is 0.174. The number of hydrogen-bond donors (Lipinski definition) is 2. The van der Waals surface area contributed by atoms with Crippen LogP contribution in [-0.4, -0.2) is 17.3 Å². The lowest BCUT2D eigenvalue weighted by atomic mass is 10.0. The molecule has 0 saturated heterocycles. The summed E-state index contributed by atoms with van der Waals surface area (Å²) in [6.45, 7) is 6.02. The number of nitrogens with one attached hydrogen (secondary N) is 1. The molecule has 0 aromatic heterocycles. The normalized spacial score (nSPS) is 13.8. The first-order valence-corrected chi connectivity index (χ1v) is 5.63. The molecule has 1 aromatic rings. The van der Waals surface area contributed by atoms with Gasteiger partial charge in [0.15, 0.2) is 0 Å². The van der Waals surface area contributed by atoms with Gasteiger partial charge in [0.05, 0.1) is 5.60 Å². The quantitative estimate of drug-likeness (QED) is 0.807. The molecule has 0 saturated carbocycles. The summed E-state index contributed by atoms with van der Waals surface area (Å²) in [6.07, 6.45) is 0.861. The molecule has 0 aliphatic carbocycles. The van der Waals surface area contributed by atoms with Gasteiger partial charge in [0, 0.05) is 12.6 Å². The maximum atomic E-state index is 13.1. The molecule has 90 valence electrons. The number of hydrogen-bond acceptors (Lipinski definition) is 2. The second-order valence-electron chi connectivity index (χ2n) is 4.71. The van der Waals surface area contributed by atoms with Gasteiger partial charge in [-0.25, -0.2) is 4.39 Å². The van der Waals surface area contributed by atoms with Gasteiger partial charge in [-0.15, -0.1) is 0 Å². The van der Waals surface area contributed by atoms with Crippen molar-refractivity contribution in [3.63, 3.8) is 0 Å². The van der Waals surface area contributed by atoms with E-state index in [4.69, 9.17) is 0 Å². The van der Waals surface area contributed by atoms with Crippen LogP contribution < -0.4 is 5.32 Å². The van der Waals surface area contributed by atoms with Crippen LogP contribution in [0.5, 0.6) is 0 Å². The van der Waals surface area contributed by atoms with E-state index in [1.807, 2.05) is 13.0 Å². The molecule has 0 bridgehead atoms. The predicted octanol–water partition coefficient (Wildman–Crippen LogP) is 2.64. The van der Waals surface area contributed by atoms with Crippen LogP contribution >= 0.6 is 0 Å². The van der Waals surface area contributed by atoms with Crippen molar-refractivity contribution in [2.75, 3.05) is 6.54 Å². The van der Waals surface area contributed by atoms with E-state index in [0.717, 1.165) is 12.0 Å². The maximum Gasteiger partial charge on any atom is 0.123 e. The van der Waals surface area contributed by atoms with Crippen molar-refractivity contribution in [3.8, 4) is 0 Å². The molecule has 0 aliphatic heterocycles. The Bertz CT molecular complexity index is 333. The zero-order chi connectivity index (χ0) is 12.2. The maximum absolute atomic E-state index is 13.1. The Labute approximate surface area is 96.5 Å². The number of halogens is 1. The van der Waals surface area contributed by atoms with Crippen molar-refractivity contribution in [1.29, 1.82) is 0 Å². The molecule has 0 aliphatic rings. The lowest BCUT2D eigenvalue weighted by Crippen LogP contribution is -2.36. The van der Waals surface area contributed by atoms with E-state index in [2.05, 4.69) is 5.32 Å². The lowest BCUT2D eigenvalue weighted by molar-refractivity contribution is 0.0762. The van der Waals surface area contributed by atoms with E-state index in [-0.39, 0.29) is 11.9 Å². The van der Waals surface area contributed by atoms with Crippen molar-refractivity contribution in [1.82, 2.24) is 5.32 Å². The van der Waals surface area contributed by atoms with Crippen LogP contribution in [0.3, 0.4) is 0 Å². The average Bonchev–Trinajstić information content (AvgIpc) is 2.17. The molecule has 0 heterocycles. The van der Waals surface area contributed by atoms with Crippen molar-refractivity contribution >= 4 is 0 Å². The summed E-state index contributed by atoms with van der Waals surface area (Å²) in [5, 5.41) is 12.9. The summed E-state index contributed by atoms with van der Waals surface area (Å²) >= 11 is 0. The molecule has 0 radical (unpaired) electrons. The summed E-state index contributed by atoms with van der Waals surface area (Å²) in [5.74, 6) is -0.221. The van der Waals surface area contributed by atoms with Crippen LogP contribution in [0.15, 0.2) is 24.3 Å². The first kappa shape index (κ1) is 13.1. The highest BCUT2D eigenvalue weighted by Crippen LogP contribution is 2.18. The van der Waals surface area contributed by atoms with E-state index in [1.54, 1.807) is 19.9 Å². The Kier molecular flexibility index (Phi) is 4.44. The molecular formula is C13H20FNO. The Hall–Kier alpha value is -0.930. The third-order valence-corrected chi connectivity index (χ3v) is 2.44. The van der Waals surface area contributed by atoms with E-state index in [9.17, 15) is 9.50 Å². The highest BCUT2D eigenvalue weighted by Gasteiger charge is 2.16. The van der Waals surface area contributed by atoms with E-state index >= 15 is 0 Å². The van der Waals surface area contributed by atoms with Crippen molar-refractivity contribution in [2.45, 2.75) is 38.8 Å². The third kappa shape index (κ3) is 4.29. The van der Waals surface area contributed by atoms with E-state index < -0.39 is 5.60 Å². The topological polar surface area (TPSA) is 32.3 Å². The van der Waals surface area contributed by atoms with Gasteiger partial charge in [-0.05, 0) is 38.0 Å². The van der Waals surface area contributed by atoms with Crippen LogP contribution in [0, 0.1) is 5.82 Å². The smallest absolute Gasteiger partial charge is 0.123 e. The predicted molar refractivity (Wildman–Crippen MR) is 63.7 cm³/mol. The fourth-order valence-electron chi connectivity index (χ4n) is 1.59. The van der Waals surface area contributed by atoms with Crippen LogP contribution in [0.4, 0.5) is 4.39 Å². The zero-order valence-electron chi connectivity index (χ0n) is 10.1. The molecule has 0 amide bonds. The summed E-state index contributed by atoms with van der Waals surface area (Å²) in [4.78, 5) is 0. The monoisotopic (exact) mass is 225 g/mol. The standard InChI is InChI=1S/C13H20FNO/c1-4-12(15-9-13(2,3)16)10-6-5-7-11(14)8-10/h5-8,12,15-16H,4,9H2,1-3H3. The van der Waals surface area contributed by atoms with Crippen molar-refractivity contribution in [3.05, 3.63) is 35.6 Å². The Morgan fingerprint density at radius 3 is 2.62 bits per heavy atom. The minimum absolute atomic E-state index is 0.0853. The number of aliphatic hydroxyl groups is 1. The fourth-order valence-corrected chi connectivity index (χ4v) is 1.59. The van der Waals surface area contributed by atoms with Crippen LogP contribution in [0.25, 0.3) is 0 Å². The van der Waals surface area contributed by atoms with E-state index in [1.165, 1.54) is 12.1 Å². The van der Waals surface area contributed by atoms with Gasteiger partial charge in [0.1, 0.15) is 5.82 Å². The molecule has 1 atom stereocenters. The molecule has 3 heteroatoms. The summed E-state index contributed by atoms with van der Waals surface area (Å²) < 4.78 is 13.1. The van der Waals surface area contributed by atoms with Gasteiger partial charge in [0.2, 0.25) is 0 Å². The third-order valence-electron chi connectivity index (χ3n) is 2.44. The SMILES string of the molecule is CCC(NCC(C)(C)O)c1cccc(F)c1. The van der Waals surface area contributed by atoms with Gasteiger partial charge < -0.3 is 10.4 Å². The van der Waals surface area contributed by atoms with Crippen LogP contribution in [0.2, 0.25) is 0 Å². The van der Waals surface area contributed by atoms with Crippen LogP contribution in [-0.2, 0) is 0 Å². The second-order valence-corrected chi connectivity index (χ2v) is 4.71. The van der Waals surface area contributed by atoms with Gasteiger partial charge in [0.25, 0.3) is 0 Å². The van der Waals surface area contributed by atoms with Crippen LogP contribution in [0.1, 0.15) is 38.8 Å². The largest absolute Gasteiger partial charge is 0.389 e. The highest BCUT2D eigenvalue weighted by atomic mass is 19.1. The number of rotatable bonds is 5. The summed E-state index contributed by atoms with van der Waals surface area (Å²) in [7, 11) is 0. The average molecular weight is 225 g/mol. The minimum Gasteiger partial charge on any atom is -0.389 e. The van der Waals surface area contributed by atoms with Gasteiger partial charge in [-0.2, -0.15) is 0 Å². The first-order chi connectivity index (χ1) is 7.42. The molecule has 1 unspecified atom stereocenters. The fraction of sp³-hybridized carbons (Fsp3) is 0.538. The molecule has 0 fully saturated rings. The molecular weight excluding hydrogens is 205 g/mol. The Morgan fingerprint density at radius 2 is 2.12 bits per heavy atom. The van der Waals surface area contributed by atoms with Crippen molar-refractivity contribution < 1.29 is 9.50 Å². The molecule has 16 heavy (non-hydrogen) atoms.